The molecule has 4 heterocycles. The van der Waals surface area contributed by atoms with E-state index < -0.39 is 0 Å². The van der Waals surface area contributed by atoms with E-state index in [1.807, 2.05) is 30.1 Å². The number of H-pyrrole nitrogens is 1. The van der Waals surface area contributed by atoms with Crippen molar-refractivity contribution in [2.75, 3.05) is 0 Å². The van der Waals surface area contributed by atoms with E-state index >= 15 is 0 Å². The highest BCUT2D eigenvalue weighted by atomic mass is 15.4. The Kier molecular flexibility index (Phi) is 2.09. The number of pyridine rings is 1. The van der Waals surface area contributed by atoms with Crippen molar-refractivity contribution < 1.29 is 0 Å². The highest BCUT2D eigenvalue weighted by molar-refractivity contribution is 6.10. The monoisotopic (exact) mass is 251 g/mol. The van der Waals surface area contributed by atoms with Gasteiger partial charge in [-0.15, -0.1) is 0 Å². The van der Waals surface area contributed by atoms with E-state index in [1.165, 1.54) is 0 Å². The fourth-order valence-corrected chi connectivity index (χ4v) is 2.54. The Balaban J connectivity index is 1.88. The van der Waals surface area contributed by atoms with Crippen LogP contribution in [-0.2, 0) is 6.42 Å². The number of aryl methyl sites for hydroxylation is 2. The molecule has 0 saturated heterocycles. The lowest BCUT2D eigenvalue weighted by Crippen LogP contribution is -2.13. The van der Waals surface area contributed by atoms with Crippen LogP contribution in [0.1, 0.15) is 23.5 Å². The van der Waals surface area contributed by atoms with E-state index in [1.54, 1.807) is 6.20 Å². The highest BCUT2D eigenvalue weighted by Gasteiger charge is 2.17. The molecule has 5 nitrogen and oxygen atoms in total. The van der Waals surface area contributed by atoms with Crippen LogP contribution < -0.4 is 0 Å². The third-order valence-electron chi connectivity index (χ3n) is 3.50. The molecular formula is C14H13N5. The second-order valence-corrected chi connectivity index (χ2v) is 4.79. The molecule has 5 heteroatoms. The Hall–Kier alpha value is -2.43. The molecule has 1 aliphatic heterocycles. The molecule has 0 saturated carbocycles. The molecule has 0 amide bonds. The lowest BCUT2D eigenvalue weighted by Gasteiger charge is -2.12. The van der Waals surface area contributed by atoms with Crippen molar-refractivity contribution >= 4 is 16.7 Å². The SMILES string of the molecule is Cc1ccc2c(C3=Nn4ccnc4CC3)c[nH]c2n1. The van der Waals surface area contributed by atoms with Crippen LogP contribution in [0.25, 0.3) is 11.0 Å². The molecule has 0 bridgehead atoms. The average Bonchev–Trinajstić information content (AvgIpc) is 3.02. The third kappa shape index (κ3) is 1.58. The van der Waals surface area contributed by atoms with E-state index in [0.717, 1.165) is 46.7 Å². The summed E-state index contributed by atoms with van der Waals surface area (Å²) in [6.45, 7) is 2.00. The second-order valence-electron chi connectivity index (χ2n) is 4.79. The first-order chi connectivity index (χ1) is 9.31. The molecule has 0 radical (unpaired) electrons. The van der Waals surface area contributed by atoms with Gasteiger partial charge in [-0.2, -0.15) is 5.10 Å². The minimum atomic E-state index is 0.915. The first-order valence-corrected chi connectivity index (χ1v) is 6.36. The van der Waals surface area contributed by atoms with Crippen molar-refractivity contribution in [2.45, 2.75) is 19.8 Å². The molecule has 0 spiro atoms. The summed E-state index contributed by atoms with van der Waals surface area (Å²) in [6.07, 6.45) is 7.53. The van der Waals surface area contributed by atoms with Crippen molar-refractivity contribution in [3.05, 3.63) is 47.8 Å². The van der Waals surface area contributed by atoms with Crippen LogP contribution in [-0.4, -0.2) is 25.3 Å². The third-order valence-corrected chi connectivity index (χ3v) is 3.50. The number of nitrogens with zero attached hydrogens (tertiary/aromatic N) is 4. The maximum absolute atomic E-state index is 4.64. The van der Waals surface area contributed by atoms with E-state index in [2.05, 4.69) is 26.1 Å². The van der Waals surface area contributed by atoms with Gasteiger partial charge in [0.15, 0.2) is 0 Å². The smallest absolute Gasteiger partial charge is 0.138 e. The zero-order chi connectivity index (χ0) is 12.8. The molecular weight excluding hydrogens is 238 g/mol. The number of aromatic amines is 1. The molecule has 0 fully saturated rings. The van der Waals surface area contributed by atoms with Crippen LogP contribution in [0.4, 0.5) is 0 Å². The molecule has 0 aliphatic carbocycles. The molecule has 0 unspecified atom stereocenters. The van der Waals surface area contributed by atoms with Gasteiger partial charge in [-0.25, -0.2) is 14.6 Å². The first kappa shape index (κ1) is 10.5. The van der Waals surface area contributed by atoms with Gasteiger partial charge in [-0.3, -0.25) is 0 Å². The van der Waals surface area contributed by atoms with Gasteiger partial charge >= 0.3 is 0 Å². The summed E-state index contributed by atoms with van der Waals surface area (Å²) in [7, 11) is 0. The summed E-state index contributed by atoms with van der Waals surface area (Å²) in [5.41, 5.74) is 4.17. The predicted octanol–water partition coefficient (Wildman–Crippen LogP) is 2.27. The van der Waals surface area contributed by atoms with Crippen molar-refractivity contribution in [3.63, 3.8) is 0 Å². The molecule has 0 atom stereocenters. The minimum Gasteiger partial charge on any atom is -0.345 e. The minimum absolute atomic E-state index is 0.915. The summed E-state index contributed by atoms with van der Waals surface area (Å²) in [5.74, 6) is 1.03. The fourth-order valence-electron chi connectivity index (χ4n) is 2.54. The molecule has 19 heavy (non-hydrogen) atoms. The maximum atomic E-state index is 4.64. The van der Waals surface area contributed by atoms with Crippen molar-refractivity contribution in [1.29, 1.82) is 0 Å². The predicted molar refractivity (Wildman–Crippen MR) is 73.3 cm³/mol. The van der Waals surface area contributed by atoms with Gasteiger partial charge in [-0.1, -0.05) is 0 Å². The number of fused-ring (bicyclic) bond motifs is 2. The summed E-state index contributed by atoms with van der Waals surface area (Å²) < 4.78 is 1.86. The molecule has 94 valence electrons. The molecule has 4 rings (SSSR count). The van der Waals surface area contributed by atoms with Gasteiger partial charge in [0.25, 0.3) is 0 Å². The highest BCUT2D eigenvalue weighted by Crippen LogP contribution is 2.22. The van der Waals surface area contributed by atoms with Gasteiger partial charge < -0.3 is 4.98 Å². The van der Waals surface area contributed by atoms with Crippen molar-refractivity contribution in [2.24, 2.45) is 5.10 Å². The quantitative estimate of drug-likeness (QED) is 0.721. The number of imidazole rings is 1. The summed E-state index contributed by atoms with van der Waals surface area (Å²) in [6, 6.07) is 4.14. The van der Waals surface area contributed by atoms with Crippen LogP contribution >= 0.6 is 0 Å². The van der Waals surface area contributed by atoms with E-state index in [4.69, 9.17) is 0 Å². The Bertz CT molecular complexity index is 793. The number of aromatic nitrogens is 4. The maximum Gasteiger partial charge on any atom is 0.138 e. The molecule has 3 aromatic rings. The molecule has 3 aromatic heterocycles. The Morgan fingerprint density at radius 2 is 2.21 bits per heavy atom. The van der Waals surface area contributed by atoms with E-state index in [0.29, 0.717) is 0 Å². The fraction of sp³-hybridized carbons (Fsp3) is 0.214. The summed E-state index contributed by atoms with van der Waals surface area (Å²) in [5, 5.41) is 5.78. The molecule has 1 N–H and O–H groups in total. The number of hydrogen-bond acceptors (Lipinski definition) is 3. The standard InChI is InChI=1S/C14H13N5/c1-9-2-3-10-11(8-16-14(10)17-9)12-4-5-13-15-6-7-19(13)18-12/h2-3,6-8H,4-5H2,1H3,(H,16,17). The zero-order valence-electron chi connectivity index (χ0n) is 10.6. The Morgan fingerprint density at radius 3 is 3.16 bits per heavy atom. The van der Waals surface area contributed by atoms with Crippen LogP contribution in [0.2, 0.25) is 0 Å². The first-order valence-electron chi connectivity index (χ1n) is 6.36. The largest absolute Gasteiger partial charge is 0.345 e. The topological polar surface area (TPSA) is 58.9 Å². The lowest BCUT2D eigenvalue weighted by molar-refractivity contribution is 0.732. The van der Waals surface area contributed by atoms with Gasteiger partial charge in [-0.05, 0) is 25.5 Å². The average molecular weight is 251 g/mol. The van der Waals surface area contributed by atoms with Crippen LogP contribution in [0.15, 0.2) is 35.8 Å². The normalized spacial score (nSPS) is 14.5. The Labute approximate surface area is 110 Å². The van der Waals surface area contributed by atoms with Crippen molar-refractivity contribution in [3.8, 4) is 0 Å². The van der Waals surface area contributed by atoms with Gasteiger partial charge in [0, 0.05) is 41.7 Å². The van der Waals surface area contributed by atoms with Gasteiger partial charge in [0.2, 0.25) is 0 Å². The zero-order valence-corrected chi connectivity index (χ0v) is 10.6. The van der Waals surface area contributed by atoms with Crippen molar-refractivity contribution in [1.82, 2.24) is 19.6 Å². The molecule has 1 aliphatic rings. The van der Waals surface area contributed by atoms with E-state index in [-0.39, 0.29) is 0 Å². The lowest BCUT2D eigenvalue weighted by atomic mass is 10.0. The second kappa shape index (κ2) is 3.78. The van der Waals surface area contributed by atoms with Gasteiger partial charge in [0.1, 0.15) is 11.5 Å². The van der Waals surface area contributed by atoms with Gasteiger partial charge in [0.05, 0.1) is 5.71 Å². The summed E-state index contributed by atoms with van der Waals surface area (Å²) in [4.78, 5) is 12.0. The van der Waals surface area contributed by atoms with Crippen LogP contribution in [0.3, 0.4) is 0 Å². The Morgan fingerprint density at radius 1 is 1.26 bits per heavy atom. The number of hydrogen-bond donors (Lipinski definition) is 1. The number of nitrogens with one attached hydrogen (secondary N) is 1. The van der Waals surface area contributed by atoms with Crippen LogP contribution in [0.5, 0.6) is 0 Å². The van der Waals surface area contributed by atoms with Crippen LogP contribution in [0, 0.1) is 6.92 Å². The molecule has 0 aromatic carbocycles. The number of rotatable bonds is 1. The van der Waals surface area contributed by atoms with E-state index in [9.17, 15) is 0 Å². The summed E-state index contributed by atoms with van der Waals surface area (Å²) >= 11 is 0.